The van der Waals surface area contributed by atoms with Crippen molar-refractivity contribution in [3.8, 4) is 5.75 Å². The van der Waals surface area contributed by atoms with Crippen LogP contribution in [0.4, 0.5) is 0 Å². The molecule has 0 radical (unpaired) electrons. The van der Waals surface area contributed by atoms with E-state index in [1.165, 1.54) is 42.6 Å². The lowest BCUT2D eigenvalue weighted by molar-refractivity contribution is -0.159. The molecule has 194 valence electrons. The number of hydrogen-bond donors (Lipinski definition) is 2. The Hall–Kier alpha value is -3.68. The maximum absolute atomic E-state index is 9.10. The van der Waals surface area contributed by atoms with Crippen LogP contribution in [0.5, 0.6) is 5.75 Å². The molecule has 0 aromatic heterocycles. The molecule has 3 saturated heterocycles. The highest BCUT2D eigenvalue weighted by atomic mass is 16.5. The Morgan fingerprint density at radius 2 is 1.35 bits per heavy atom. The third-order valence-electron chi connectivity index (χ3n) is 7.24. The van der Waals surface area contributed by atoms with Crippen LogP contribution in [0.3, 0.4) is 0 Å². The van der Waals surface area contributed by atoms with Crippen LogP contribution >= 0.6 is 0 Å². The van der Waals surface area contributed by atoms with Crippen LogP contribution in [-0.4, -0.2) is 59.4 Å². The Balaban J connectivity index is 0.000000480. The average molecular weight is 504 g/mol. The first-order valence-corrected chi connectivity index (χ1v) is 12.5. The highest BCUT2D eigenvalue weighted by Crippen LogP contribution is 2.43. The van der Waals surface area contributed by atoms with Gasteiger partial charge in [-0.25, -0.2) is 9.59 Å². The quantitative estimate of drug-likeness (QED) is 0.453. The highest BCUT2D eigenvalue weighted by Gasteiger charge is 2.47. The van der Waals surface area contributed by atoms with Crippen LogP contribution in [0.2, 0.25) is 0 Å². The first kappa shape index (κ1) is 26.4. The first-order chi connectivity index (χ1) is 18.0. The van der Waals surface area contributed by atoms with E-state index >= 15 is 0 Å². The molecule has 3 aliphatic rings. The lowest BCUT2D eigenvalue weighted by Gasteiger charge is -2.53. The second kappa shape index (κ2) is 12.5. The summed E-state index contributed by atoms with van der Waals surface area (Å²) in [6.45, 7) is 2.99. The molecular weight excluding hydrogens is 470 g/mol. The molecular formula is C30H33NO6. The SMILES string of the molecule is COc1ccc(COC2C3CCN(CC3)C2C(c2ccccc2)c2ccccc2)cc1.O=C(O)C(=O)O. The topological polar surface area (TPSA) is 96.3 Å². The molecule has 3 heterocycles. The molecule has 2 atom stereocenters. The molecule has 0 amide bonds. The molecule has 7 heteroatoms. The lowest BCUT2D eigenvalue weighted by Crippen LogP contribution is -2.60. The van der Waals surface area contributed by atoms with E-state index in [4.69, 9.17) is 29.3 Å². The second-order valence-corrected chi connectivity index (χ2v) is 9.40. The largest absolute Gasteiger partial charge is 0.497 e. The van der Waals surface area contributed by atoms with Gasteiger partial charge in [0.05, 0.1) is 19.8 Å². The maximum Gasteiger partial charge on any atom is 0.414 e. The molecule has 6 rings (SSSR count). The monoisotopic (exact) mass is 503 g/mol. The smallest absolute Gasteiger partial charge is 0.414 e. The molecule has 0 saturated carbocycles. The number of hydrogen-bond acceptors (Lipinski definition) is 5. The summed E-state index contributed by atoms with van der Waals surface area (Å²) in [6, 6.07) is 30.6. The van der Waals surface area contributed by atoms with Gasteiger partial charge < -0.3 is 19.7 Å². The lowest BCUT2D eigenvalue weighted by atomic mass is 9.72. The Morgan fingerprint density at radius 1 is 0.838 bits per heavy atom. The predicted molar refractivity (Wildman–Crippen MR) is 140 cm³/mol. The fraction of sp³-hybridized carbons (Fsp3) is 0.333. The summed E-state index contributed by atoms with van der Waals surface area (Å²) >= 11 is 0. The summed E-state index contributed by atoms with van der Waals surface area (Å²) < 4.78 is 12.0. The molecule has 3 aromatic rings. The van der Waals surface area contributed by atoms with Crippen molar-refractivity contribution in [3.05, 3.63) is 102 Å². The summed E-state index contributed by atoms with van der Waals surface area (Å²) in [6.07, 6.45) is 2.70. The molecule has 7 nitrogen and oxygen atoms in total. The summed E-state index contributed by atoms with van der Waals surface area (Å²) in [5.74, 6) is -1.82. The average Bonchev–Trinajstić information content (AvgIpc) is 2.95. The van der Waals surface area contributed by atoms with E-state index in [2.05, 4.69) is 77.7 Å². The molecule has 0 spiro atoms. The van der Waals surface area contributed by atoms with Gasteiger partial charge in [-0.3, -0.25) is 4.90 Å². The number of methoxy groups -OCH3 is 1. The standard InChI is InChI=1S/C28H31NO2.C2H2O4/c1-30-25-14-12-21(13-15-25)20-31-28-24-16-18-29(19-17-24)27(28)26(22-8-4-2-5-9-22)23-10-6-3-7-11-23;3-1(4)2(5)6/h2-15,24,26-28H,16-20H2,1H3;(H,3,4)(H,5,6). The van der Waals surface area contributed by atoms with Crippen molar-refractivity contribution < 1.29 is 29.3 Å². The van der Waals surface area contributed by atoms with Crippen LogP contribution in [0.25, 0.3) is 0 Å². The van der Waals surface area contributed by atoms with E-state index in [9.17, 15) is 0 Å². The van der Waals surface area contributed by atoms with Crippen LogP contribution in [-0.2, 0) is 20.9 Å². The molecule has 37 heavy (non-hydrogen) atoms. The number of carboxylic acids is 2. The van der Waals surface area contributed by atoms with Crippen molar-refractivity contribution in [2.24, 2.45) is 5.92 Å². The Morgan fingerprint density at radius 3 is 1.81 bits per heavy atom. The predicted octanol–water partition coefficient (Wildman–Crippen LogP) is 4.66. The van der Waals surface area contributed by atoms with Crippen molar-refractivity contribution >= 4 is 11.9 Å². The van der Waals surface area contributed by atoms with Gasteiger partial charge in [0, 0.05) is 12.0 Å². The number of fused-ring (bicyclic) bond motifs is 3. The summed E-state index contributed by atoms with van der Waals surface area (Å²) in [5.41, 5.74) is 3.96. The van der Waals surface area contributed by atoms with Crippen molar-refractivity contribution in [2.45, 2.75) is 37.5 Å². The fourth-order valence-electron chi connectivity index (χ4n) is 5.49. The number of carbonyl (C=O) groups is 2. The van der Waals surface area contributed by atoms with Gasteiger partial charge in [-0.05, 0) is 60.7 Å². The molecule has 3 fully saturated rings. The number of benzene rings is 3. The molecule has 3 aliphatic heterocycles. The van der Waals surface area contributed by atoms with Crippen molar-refractivity contribution in [1.82, 2.24) is 4.90 Å². The number of nitrogens with zero attached hydrogens (tertiary/aromatic N) is 1. The zero-order valence-electron chi connectivity index (χ0n) is 20.9. The van der Waals surface area contributed by atoms with Crippen LogP contribution in [0.15, 0.2) is 84.9 Å². The molecule has 0 aliphatic carbocycles. The number of ether oxygens (including phenoxy) is 2. The van der Waals surface area contributed by atoms with E-state index in [1.54, 1.807) is 7.11 Å². The van der Waals surface area contributed by atoms with E-state index in [-0.39, 0.29) is 6.10 Å². The van der Waals surface area contributed by atoms with Crippen LogP contribution < -0.4 is 4.74 Å². The second-order valence-electron chi connectivity index (χ2n) is 9.40. The molecule has 2 bridgehead atoms. The summed E-state index contributed by atoms with van der Waals surface area (Å²) in [5, 5.41) is 14.8. The van der Waals surface area contributed by atoms with Gasteiger partial charge in [-0.15, -0.1) is 0 Å². The molecule has 2 unspecified atom stereocenters. The number of aliphatic carboxylic acids is 2. The number of rotatable bonds is 7. The third kappa shape index (κ3) is 6.56. The van der Waals surface area contributed by atoms with E-state index in [1.807, 2.05) is 12.1 Å². The van der Waals surface area contributed by atoms with Gasteiger partial charge in [0.1, 0.15) is 5.75 Å². The van der Waals surface area contributed by atoms with Crippen LogP contribution in [0, 0.1) is 5.92 Å². The van der Waals surface area contributed by atoms with Crippen LogP contribution in [0.1, 0.15) is 35.4 Å². The Kier molecular flexibility index (Phi) is 8.93. The van der Waals surface area contributed by atoms with Crippen molar-refractivity contribution in [2.75, 3.05) is 20.2 Å². The zero-order valence-corrected chi connectivity index (χ0v) is 20.9. The minimum Gasteiger partial charge on any atom is -0.497 e. The maximum atomic E-state index is 9.10. The van der Waals surface area contributed by atoms with Gasteiger partial charge >= 0.3 is 11.9 Å². The van der Waals surface area contributed by atoms with Gasteiger partial charge in [0.2, 0.25) is 0 Å². The summed E-state index contributed by atoms with van der Waals surface area (Å²) in [4.78, 5) is 20.9. The highest BCUT2D eigenvalue weighted by molar-refractivity contribution is 6.27. The number of carboxylic acid groups (broad SMARTS) is 2. The minimum atomic E-state index is -1.82. The van der Waals surface area contributed by atoms with E-state index in [0.29, 0.717) is 24.5 Å². The molecule has 2 N–H and O–H groups in total. The third-order valence-corrected chi connectivity index (χ3v) is 7.24. The fourth-order valence-corrected chi connectivity index (χ4v) is 5.49. The Labute approximate surface area is 217 Å². The van der Waals surface area contributed by atoms with E-state index < -0.39 is 11.9 Å². The van der Waals surface area contributed by atoms with Crippen molar-refractivity contribution in [3.63, 3.8) is 0 Å². The van der Waals surface area contributed by atoms with E-state index in [0.717, 1.165) is 5.75 Å². The van der Waals surface area contributed by atoms with Gasteiger partial charge in [0.15, 0.2) is 0 Å². The summed E-state index contributed by atoms with van der Waals surface area (Å²) in [7, 11) is 1.70. The van der Waals surface area contributed by atoms with Gasteiger partial charge in [0.25, 0.3) is 0 Å². The minimum absolute atomic E-state index is 0.231. The number of piperidine rings is 3. The van der Waals surface area contributed by atoms with Crippen molar-refractivity contribution in [1.29, 1.82) is 0 Å². The Bertz CT molecular complexity index is 1090. The molecule has 3 aromatic carbocycles. The van der Waals surface area contributed by atoms with Gasteiger partial charge in [-0.1, -0.05) is 72.8 Å². The van der Waals surface area contributed by atoms with Gasteiger partial charge in [-0.2, -0.15) is 0 Å². The normalized spacial score (nSPS) is 22.1. The zero-order chi connectivity index (χ0) is 26.2. The first-order valence-electron chi connectivity index (χ1n) is 12.5.